The second kappa shape index (κ2) is 11.9. The van der Waals surface area contributed by atoms with Gasteiger partial charge in [0.25, 0.3) is 5.91 Å². The predicted octanol–water partition coefficient (Wildman–Crippen LogP) is 2.26. The summed E-state index contributed by atoms with van der Waals surface area (Å²) < 4.78 is 29.0. The molecule has 186 valence electrons. The van der Waals surface area contributed by atoms with Gasteiger partial charge in [0.1, 0.15) is 19.0 Å². The zero-order chi connectivity index (χ0) is 24.7. The molecule has 1 aromatic carbocycles. The second-order valence-electron chi connectivity index (χ2n) is 8.37. The Morgan fingerprint density at radius 3 is 2.79 bits per heavy atom. The van der Waals surface area contributed by atoms with Crippen molar-refractivity contribution in [2.75, 3.05) is 52.0 Å². The fourth-order valence-corrected chi connectivity index (χ4v) is 4.15. The van der Waals surface area contributed by atoms with Gasteiger partial charge >= 0.3 is 11.9 Å². The molecule has 9 nitrogen and oxygen atoms in total. The molecule has 0 spiro atoms. The summed E-state index contributed by atoms with van der Waals surface area (Å²) in [7, 11) is 1.50. The third kappa shape index (κ3) is 6.12. The summed E-state index contributed by atoms with van der Waals surface area (Å²) in [6.45, 7) is 6.35. The molecule has 3 rings (SSSR count). The molecule has 1 fully saturated rings. The number of nitrogens with one attached hydrogen (secondary N) is 2. The van der Waals surface area contributed by atoms with Gasteiger partial charge in [-0.3, -0.25) is 14.5 Å². The predicted molar refractivity (Wildman–Crippen MR) is 124 cm³/mol. The second-order valence-corrected chi connectivity index (χ2v) is 8.37. The molecule has 0 saturated carbocycles. The number of fused-ring (bicyclic) bond motifs is 1. The molecular formula is C24H32FN3O6. The van der Waals surface area contributed by atoms with Crippen LogP contribution in [0.1, 0.15) is 46.8 Å². The maximum atomic E-state index is 13.0. The molecule has 0 aromatic heterocycles. The SMILES string of the molecule is COc1c(C)c2c(c(NC(=O)CF)c1C/C=C(\C)CCC(=O)OCCN1CCNC1)C(=O)OC2. The maximum Gasteiger partial charge on any atom is 0.341 e. The zero-order valence-corrected chi connectivity index (χ0v) is 19.9. The first kappa shape index (κ1) is 25.6. The highest BCUT2D eigenvalue weighted by molar-refractivity contribution is 6.06. The number of anilines is 1. The molecule has 2 aliphatic rings. The number of carbonyl (C=O) groups excluding carboxylic acids is 3. The van der Waals surface area contributed by atoms with Gasteiger partial charge in [-0.15, -0.1) is 0 Å². The van der Waals surface area contributed by atoms with Gasteiger partial charge in [-0.05, 0) is 32.3 Å². The van der Waals surface area contributed by atoms with Crippen molar-refractivity contribution in [3.63, 3.8) is 0 Å². The van der Waals surface area contributed by atoms with Crippen molar-refractivity contribution in [2.24, 2.45) is 0 Å². The van der Waals surface area contributed by atoms with Gasteiger partial charge < -0.3 is 24.8 Å². The number of halogens is 1. The lowest BCUT2D eigenvalue weighted by atomic mass is 9.93. The summed E-state index contributed by atoms with van der Waals surface area (Å²) >= 11 is 0. The minimum Gasteiger partial charge on any atom is -0.496 e. The van der Waals surface area contributed by atoms with Crippen LogP contribution in [0.2, 0.25) is 0 Å². The average molecular weight is 478 g/mol. The fourth-order valence-electron chi connectivity index (χ4n) is 4.15. The van der Waals surface area contributed by atoms with Gasteiger partial charge in [0.05, 0.1) is 18.4 Å². The third-order valence-electron chi connectivity index (χ3n) is 6.05. The van der Waals surface area contributed by atoms with Crippen LogP contribution in [-0.4, -0.2) is 69.4 Å². The Bertz CT molecular complexity index is 972. The summed E-state index contributed by atoms with van der Waals surface area (Å²) in [5.74, 6) is -1.18. The van der Waals surface area contributed by atoms with Crippen molar-refractivity contribution >= 4 is 23.5 Å². The lowest BCUT2D eigenvalue weighted by molar-refractivity contribution is -0.144. The monoisotopic (exact) mass is 477 g/mol. The van der Waals surface area contributed by atoms with Crippen molar-refractivity contribution < 1.29 is 33.0 Å². The topological polar surface area (TPSA) is 106 Å². The van der Waals surface area contributed by atoms with E-state index in [1.165, 1.54) is 7.11 Å². The van der Waals surface area contributed by atoms with E-state index in [1.807, 2.05) is 19.9 Å². The minimum absolute atomic E-state index is 0.0698. The Hall–Kier alpha value is -2.98. The molecule has 1 saturated heterocycles. The number of hydrogen-bond acceptors (Lipinski definition) is 8. The number of benzene rings is 1. The van der Waals surface area contributed by atoms with E-state index in [4.69, 9.17) is 14.2 Å². The van der Waals surface area contributed by atoms with Crippen molar-refractivity contribution in [3.05, 3.63) is 33.9 Å². The van der Waals surface area contributed by atoms with E-state index >= 15 is 0 Å². The normalized spacial score (nSPS) is 15.8. The Morgan fingerprint density at radius 2 is 2.12 bits per heavy atom. The van der Waals surface area contributed by atoms with E-state index in [0.717, 1.165) is 30.9 Å². The van der Waals surface area contributed by atoms with Gasteiger partial charge in [-0.2, -0.15) is 0 Å². The standard InChI is InChI=1S/C24H32FN3O6/c1-15(5-7-20(30)33-11-10-28-9-8-26-14-28)4-6-17-22(27-19(29)12-25)21-18(13-34-24(21)31)16(2)23(17)32-3/h4,26H,5-14H2,1-3H3,(H,27,29)/b15-4+. The number of esters is 2. The first-order valence-corrected chi connectivity index (χ1v) is 11.3. The van der Waals surface area contributed by atoms with E-state index in [1.54, 1.807) is 0 Å². The highest BCUT2D eigenvalue weighted by Gasteiger charge is 2.32. The zero-order valence-electron chi connectivity index (χ0n) is 19.9. The van der Waals surface area contributed by atoms with Gasteiger partial charge in [0.15, 0.2) is 6.67 Å². The molecule has 0 unspecified atom stereocenters. The summed E-state index contributed by atoms with van der Waals surface area (Å²) in [6.07, 6.45) is 2.97. The first-order chi connectivity index (χ1) is 16.3. The van der Waals surface area contributed by atoms with Crippen LogP contribution in [0.3, 0.4) is 0 Å². The Morgan fingerprint density at radius 1 is 1.32 bits per heavy atom. The Kier molecular flexibility index (Phi) is 9.00. The molecule has 2 aliphatic heterocycles. The van der Waals surface area contributed by atoms with E-state index in [0.29, 0.717) is 42.9 Å². The largest absolute Gasteiger partial charge is 0.496 e. The van der Waals surface area contributed by atoms with Crippen LogP contribution in [0, 0.1) is 6.92 Å². The van der Waals surface area contributed by atoms with Crippen LogP contribution >= 0.6 is 0 Å². The number of nitrogens with zero attached hydrogens (tertiary/aromatic N) is 1. The van der Waals surface area contributed by atoms with Gasteiger partial charge in [-0.1, -0.05) is 11.6 Å². The third-order valence-corrected chi connectivity index (χ3v) is 6.05. The molecule has 0 atom stereocenters. The highest BCUT2D eigenvalue weighted by atomic mass is 19.1. The average Bonchev–Trinajstić information content (AvgIpc) is 3.48. The number of rotatable bonds is 11. The molecular weight excluding hydrogens is 445 g/mol. The number of ether oxygens (including phenoxy) is 3. The number of alkyl halides is 1. The van der Waals surface area contributed by atoms with Crippen LogP contribution in [0.25, 0.3) is 0 Å². The lowest BCUT2D eigenvalue weighted by Gasteiger charge is -2.19. The van der Waals surface area contributed by atoms with Crippen LogP contribution in [-0.2, 0) is 32.1 Å². The number of hydrogen-bond donors (Lipinski definition) is 2. The summed E-state index contributed by atoms with van der Waals surface area (Å²) in [5.41, 5.74) is 3.29. The van der Waals surface area contributed by atoms with Gasteiger partial charge in [-0.25, -0.2) is 9.18 Å². The Balaban J connectivity index is 1.69. The van der Waals surface area contributed by atoms with Crippen LogP contribution in [0.4, 0.5) is 10.1 Å². The maximum absolute atomic E-state index is 13.0. The molecule has 10 heteroatoms. The molecule has 1 amide bonds. The minimum atomic E-state index is -1.22. The van der Waals surface area contributed by atoms with Gasteiger partial charge in [0.2, 0.25) is 0 Å². The van der Waals surface area contributed by atoms with Crippen LogP contribution in [0.5, 0.6) is 5.75 Å². The lowest BCUT2D eigenvalue weighted by Crippen LogP contribution is -2.27. The summed E-state index contributed by atoms with van der Waals surface area (Å²) in [6, 6.07) is 0. The van der Waals surface area contributed by atoms with E-state index in [-0.39, 0.29) is 30.2 Å². The van der Waals surface area contributed by atoms with Crippen molar-refractivity contribution in [1.29, 1.82) is 0 Å². The van der Waals surface area contributed by atoms with Gasteiger partial charge in [0, 0.05) is 43.9 Å². The highest BCUT2D eigenvalue weighted by Crippen LogP contribution is 2.41. The van der Waals surface area contributed by atoms with Crippen molar-refractivity contribution in [3.8, 4) is 5.75 Å². The van der Waals surface area contributed by atoms with Crippen molar-refractivity contribution in [1.82, 2.24) is 10.2 Å². The number of carbonyl (C=O) groups is 3. The number of amides is 1. The fraction of sp³-hybridized carbons (Fsp3) is 0.542. The molecule has 34 heavy (non-hydrogen) atoms. The summed E-state index contributed by atoms with van der Waals surface area (Å²) in [5, 5.41) is 5.73. The molecule has 0 bridgehead atoms. The smallest absolute Gasteiger partial charge is 0.341 e. The van der Waals surface area contributed by atoms with Crippen molar-refractivity contribution in [2.45, 2.75) is 39.7 Å². The molecule has 2 N–H and O–H groups in total. The molecule has 2 heterocycles. The van der Waals surface area contributed by atoms with E-state index < -0.39 is 18.6 Å². The van der Waals surface area contributed by atoms with E-state index in [2.05, 4.69) is 15.5 Å². The Labute approximate surface area is 198 Å². The number of methoxy groups -OCH3 is 1. The molecule has 1 aromatic rings. The van der Waals surface area contributed by atoms with Crippen LogP contribution < -0.4 is 15.4 Å². The summed E-state index contributed by atoms with van der Waals surface area (Å²) in [4.78, 5) is 38.5. The first-order valence-electron chi connectivity index (χ1n) is 11.3. The van der Waals surface area contributed by atoms with Crippen LogP contribution in [0.15, 0.2) is 11.6 Å². The molecule has 0 aliphatic carbocycles. The number of cyclic esters (lactones) is 1. The quantitative estimate of drug-likeness (QED) is 0.369. The molecule has 0 radical (unpaired) electrons. The number of allylic oxidation sites excluding steroid dienone is 2. The van der Waals surface area contributed by atoms with E-state index in [9.17, 15) is 18.8 Å².